The number of fused-ring (bicyclic) bond motifs is 9. The normalized spacial score (nSPS) is 13.6. The van der Waals surface area contributed by atoms with E-state index in [4.69, 9.17) is 27.6 Å². The Kier molecular flexibility index (Phi) is 4.74. The second-order valence-electron chi connectivity index (χ2n) is 12.4. The van der Waals surface area contributed by atoms with Gasteiger partial charge < -0.3 is 8.98 Å². The van der Waals surface area contributed by atoms with Gasteiger partial charge in [-0.3, -0.25) is 4.57 Å². The molecule has 0 aliphatic rings. The molecule has 0 N–H and O–H groups in total. The van der Waals surface area contributed by atoms with Crippen LogP contribution in [0.15, 0.2) is 168 Å². The van der Waals surface area contributed by atoms with E-state index in [1.807, 2.05) is 91.0 Å². The first-order chi connectivity index (χ1) is 27.7. The highest BCUT2D eigenvalue weighted by molar-refractivity contribution is 6.10. The molecule has 0 amide bonds. The topological polar surface area (TPSA) is 61.7 Å². The molecule has 4 aromatic heterocycles. The summed E-state index contributed by atoms with van der Waals surface area (Å²) >= 11 is 0. The van der Waals surface area contributed by atoms with Gasteiger partial charge in [-0.05, 0) is 66.7 Å². The molecule has 11 rings (SSSR count). The van der Waals surface area contributed by atoms with Crippen molar-refractivity contribution >= 4 is 65.6 Å². The molecule has 238 valence electrons. The second-order valence-corrected chi connectivity index (χ2v) is 12.4. The average Bonchev–Trinajstić information content (AvgIpc) is 3.90. The van der Waals surface area contributed by atoms with Crippen molar-refractivity contribution in [1.82, 2.24) is 24.1 Å². The third-order valence-corrected chi connectivity index (χ3v) is 9.55. The molecule has 0 fully saturated rings. The fourth-order valence-corrected chi connectivity index (χ4v) is 7.26. The van der Waals surface area contributed by atoms with Crippen molar-refractivity contribution in [2.24, 2.45) is 0 Å². The highest BCUT2D eigenvalue weighted by Crippen LogP contribution is 2.36. The molecule has 0 saturated heterocycles. The Morgan fingerprint density at radius 2 is 1.00 bits per heavy atom. The minimum absolute atomic E-state index is 0.0176. The molecule has 6 heteroatoms. The summed E-state index contributed by atoms with van der Waals surface area (Å²) in [6.45, 7) is 0. The summed E-state index contributed by atoms with van der Waals surface area (Å²) < 4.78 is 61.9. The van der Waals surface area contributed by atoms with E-state index in [9.17, 15) is 0 Å². The van der Waals surface area contributed by atoms with Crippen LogP contribution in [0.2, 0.25) is 0 Å². The van der Waals surface area contributed by atoms with Gasteiger partial charge in [0.05, 0.1) is 30.3 Å². The van der Waals surface area contributed by atoms with Gasteiger partial charge in [0, 0.05) is 49.1 Å². The van der Waals surface area contributed by atoms with E-state index in [-0.39, 0.29) is 47.0 Å². The van der Waals surface area contributed by atoms with Gasteiger partial charge in [0.15, 0.2) is 11.6 Å². The lowest BCUT2D eigenvalue weighted by molar-refractivity contribution is 0.669. The maximum Gasteiger partial charge on any atom is 0.238 e. The minimum Gasteiger partial charge on any atom is -0.456 e. The Balaban J connectivity index is 1.13. The molecule has 0 aliphatic heterocycles. The van der Waals surface area contributed by atoms with Crippen LogP contribution in [-0.2, 0) is 0 Å². The van der Waals surface area contributed by atoms with Gasteiger partial charge in [-0.25, -0.2) is 4.98 Å². The zero-order chi connectivity index (χ0) is 38.7. The number of furan rings is 1. The summed E-state index contributed by atoms with van der Waals surface area (Å²) in [5, 5.41) is 4.57. The summed E-state index contributed by atoms with van der Waals surface area (Å²) in [4.78, 5) is 15.2. The van der Waals surface area contributed by atoms with Crippen molar-refractivity contribution in [3.05, 3.63) is 164 Å². The van der Waals surface area contributed by atoms with E-state index < -0.39 is 0 Å². The van der Waals surface area contributed by atoms with E-state index in [0.29, 0.717) is 45.5 Å². The van der Waals surface area contributed by atoms with Crippen molar-refractivity contribution in [3.63, 3.8) is 0 Å². The SMILES string of the molecule is [2H]c1cc([2H])c2c(c1[2H])c1c([2H])c([2H])cc([2H])c1n2-c1ccc(-c2nc(-c3ccc4c(c3)oc3ccccc34)nc(-n3c4ccccc4c4ccccc43)n2)cc1. The summed E-state index contributed by atoms with van der Waals surface area (Å²) in [5.41, 5.74) is 5.99. The maximum absolute atomic E-state index is 8.86. The van der Waals surface area contributed by atoms with Gasteiger partial charge in [0.2, 0.25) is 5.95 Å². The Labute approximate surface area is 299 Å². The summed E-state index contributed by atoms with van der Waals surface area (Å²) in [7, 11) is 0. The predicted octanol–water partition coefficient (Wildman–Crippen LogP) is 11.3. The number of benzene rings is 7. The molecular weight excluding hydrogens is 627 g/mol. The molecule has 0 radical (unpaired) electrons. The van der Waals surface area contributed by atoms with Gasteiger partial charge in [-0.2, -0.15) is 9.97 Å². The number of nitrogens with zero attached hydrogens (tertiary/aromatic N) is 5. The van der Waals surface area contributed by atoms with Crippen LogP contribution in [0.4, 0.5) is 0 Å². The van der Waals surface area contributed by atoms with Gasteiger partial charge >= 0.3 is 0 Å². The van der Waals surface area contributed by atoms with E-state index in [0.717, 1.165) is 43.7 Å². The van der Waals surface area contributed by atoms with Crippen molar-refractivity contribution < 1.29 is 12.6 Å². The monoisotopic (exact) mass is 659 g/mol. The van der Waals surface area contributed by atoms with Crippen molar-refractivity contribution in [2.75, 3.05) is 0 Å². The fourth-order valence-electron chi connectivity index (χ4n) is 7.26. The summed E-state index contributed by atoms with van der Waals surface area (Å²) in [5.74, 6) is 1.30. The van der Waals surface area contributed by atoms with E-state index in [1.54, 1.807) is 4.57 Å². The van der Waals surface area contributed by atoms with Crippen LogP contribution < -0.4 is 0 Å². The Morgan fingerprint density at radius 1 is 0.431 bits per heavy atom. The molecule has 0 unspecified atom stereocenters. The molecule has 0 bridgehead atoms. The van der Waals surface area contributed by atoms with E-state index in [1.165, 1.54) is 12.1 Å². The van der Waals surface area contributed by atoms with Crippen LogP contribution >= 0.6 is 0 Å². The zero-order valence-electron chi connectivity index (χ0n) is 32.8. The highest BCUT2D eigenvalue weighted by Gasteiger charge is 2.19. The van der Waals surface area contributed by atoms with Crippen molar-refractivity contribution in [1.29, 1.82) is 0 Å². The first kappa shape index (κ1) is 22.6. The van der Waals surface area contributed by atoms with Gasteiger partial charge in [-0.1, -0.05) is 97.0 Å². The van der Waals surface area contributed by atoms with Gasteiger partial charge in [0.1, 0.15) is 11.2 Å². The number of rotatable bonds is 4. The predicted molar refractivity (Wildman–Crippen MR) is 207 cm³/mol. The third kappa shape index (κ3) is 4.20. The number of para-hydroxylation sites is 5. The molecular formula is C45H27N5O. The summed E-state index contributed by atoms with van der Waals surface area (Å²) in [6, 6.07) is 39.5. The Hall–Kier alpha value is -7.05. The standard InChI is InChI=1S/C45H27N5O/c1-6-16-37-31(11-1)32-12-2-7-17-38(32)49(37)30-24-21-28(22-25-30)43-46-44(29-23-26-36-35-15-5-10-20-41(35)51-42(36)27-29)48-45(47-43)50-39-18-8-3-13-33(39)34-14-4-9-19-40(34)50/h1-27H/i1D,2D,11D,12D,16D,17D. The van der Waals surface area contributed by atoms with Crippen molar-refractivity contribution in [3.8, 4) is 34.4 Å². The van der Waals surface area contributed by atoms with Crippen LogP contribution in [0.3, 0.4) is 0 Å². The summed E-state index contributed by atoms with van der Waals surface area (Å²) in [6.07, 6.45) is 0. The highest BCUT2D eigenvalue weighted by atomic mass is 16.3. The lowest BCUT2D eigenvalue weighted by Gasteiger charge is -2.12. The number of aromatic nitrogens is 5. The quantitative estimate of drug-likeness (QED) is 0.189. The largest absolute Gasteiger partial charge is 0.456 e. The smallest absolute Gasteiger partial charge is 0.238 e. The lowest BCUT2D eigenvalue weighted by Crippen LogP contribution is -2.06. The fraction of sp³-hybridized carbons (Fsp3) is 0. The van der Waals surface area contributed by atoms with E-state index >= 15 is 0 Å². The third-order valence-electron chi connectivity index (χ3n) is 9.55. The maximum atomic E-state index is 8.86. The molecule has 11 aromatic rings. The molecule has 7 aromatic carbocycles. The van der Waals surface area contributed by atoms with Gasteiger partial charge in [-0.15, -0.1) is 0 Å². The molecule has 51 heavy (non-hydrogen) atoms. The Morgan fingerprint density at radius 3 is 1.69 bits per heavy atom. The van der Waals surface area contributed by atoms with Crippen molar-refractivity contribution in [2.45, 2.75) is 0 Å². The number of hydrogen-bond donors (Lipinski definition) is 0. The van der Waals surface area contributed by atoms with Crippen LogP contribution in [-0.4, -0.2) is 24.1 Å². The molecule has 0 spiro atoms. The molecule has 6 nitrogen and oxygen atoms in total. The van der Waals surface area contributed by atoms with Crippen LogP contribution in [0.25, 0.3) is 100.0 Å². The lowest BCUT2D eigenvalue weighted by atomic mass is 10.1. The molecule has 0 saturated carbocycles. The minimum atomic E-state index is -0.160. The molecule has 4 heterocycles. The Bertz CT molecular complexity index is 3370. The molecule has 0 aliphatic carbocycles. The van der Waals surface area contributed by atoms with Gasteiger partial charge in [0.25, 0.3) is 0 Å². The first-order valence-corrected chi connectivity index (χ1v) is 16.5. The van der Waals surface area contributed by atoms with Crippen LogP contribution in [0.1, 0.15) is 8.22 Å². The molecule has 0 atom stereocenters. The van der Waals surface area contributed by atoms with E-state index in [2.05, 4.69) is 28.8 Å². The second kappa shape index (κ2) is 10.7. The zero-order valence-corrected chi connectivity index (χ0v) is 26.8. The van der Waals surface area contributed by atoms with Crippen LogP contribution in [0, 0.1) is 0 Å². The number of hydrogen-bond acceptors (Lipinski definition) is 4. The average molecular weight is 660 g/mol. The first-order valence-electron chi connectivity index (χ1n) is 19.5. The van der Waals surface area contributed by atoms with Crippen LogP contribution in [0.5, 0.6) is 0 Å².